The fourth-order valence-electron chi connectivity index (χ4n) is 2.92. The number of rotatable bonds is 6. The summed E-state index contributed by atoms with van der Waals surface area (Å²) < 4.78 is 5.71. The van der Waals surface area contributed by atoms with Crippen molar-refractivity contribution in [1.29, 1.82) is 0 Å². The number of hydrogen-bond acceptors (Lipinski definition) is 4. The van der Waals surface area contributed by atoms with E-state index in [0.717, 1.165) is 30.8 Å². The molecule has 4 nitrogen and oxygen atoms in total. The van der Waals surface area contributed by atoms with Gasteiger partial charge in [0.15, 0.2) is 0 Å². The van der Waals surface area contributed by atoms with Crippen molar-refractivity contribution in [3.63, 3.8) is 0 Å². The molecule has 1 aliphatic heterocycles. The van der Waals surface area contributed by atoms with Crippen molar-refractivity contribution in [2.75, 3.05) is 26.2 Å². The van der Waals surface area contributed by atoms with Gasteiger partial charge in [0.25, 0.3) is 0 Å². The molecule has 1 aromatic carbocycles. The molecule has 0 amide bonds. The Bertz CT molecular complexity index is 461. The Morgan fingerprint density at radius 3 is 2.71 bits per heavy atom. The van der Waals surface area contributed by atoms with Gasteiger partial charge in [-0.25, -0.2) is 0 Å². The number of nitrogens with zero attached hydrogens (tertiary/aromatic N) is 1. The maximum Gasteiger partial charge on any atom is 0.122 e. The summed E-state index contributed by atoms with van der Waals surface area (Å²) >= 11 is 0. The van der Waals surface area contributed by atoms with Gasteiger partial charge in [0.2, 0.25) is 0 Å². The normalized spacial score (nSPS) is 22.2. The van der Waals surface area contributed by atoms with E-state index in [1.54, 1.807) is 0 Å². The third-order valence-corrected chi connectivity index (χ3v) is 4.22. The van der Waals surface area contributed by atoms with Crippen LogP contribution in [0.25, 0.3) is 0 Å². The Labute approximate surface area is 127 Å². The molecule has 0 radical (unpaired) electrons. The number of β-amino-alcohol motifs (C(OH)–C–C–N with tert-alkyl or cyclic N) is 1. The van der Waals surface area contributed by atoms with Crippen LogP contribution in [0.1, 0.15) is 24.5 Å². The molecule has 2 rings (SSSR count). The lowest BCUT2D eigenvalue weighted by atomic mass is 10.0. The zero-order valence-corrected chi connectivity index (χ0v) is 13.2. The first-order valence-corrected chi connectivity index (χ1v) is 7.74. The van der Waals surface area contributed by atoms with Crippen LogP contribution < -0.4 is 4.74 Å². The summed E-state index contributed by atoms with van der Waals surface area (Å²) in [5.74, 6) is 1.17. The van der Waals surface area contributed by atoms with Crippen molar-refractivity contribution in [1.82, 2.24) is 4.90 Å². The first-order valence-electron chi connectivity index (χ1n) is 7.74. The molecule has 0 bridgehead atoms. The van der Waals surface area contributed by atoms with Crippen LogP contribution in [0.2, 0.25) is 0 Å². The molecule has 0 aliphatic carbocycles. The van der Waals surface area contributed by atoms with Crippen LogP contribution >= 0.6 is 0 Å². The zero-order valence-electron chi connectivity index (χ0n) is 13.2. The van der Waals surface area contributed by atoms with Crippen LogP contribution in [0.4, 0.5) is 0 Å². The van der Waals surface area contributed by atoms with E-state index in [0.29, 0.717) is 19.1 Å². The lowest BCUT2D eigenvalue weighted by Crippen LogP contribution is -2.35. The standard InChI is InChI=1S/C17H27NO3/c1-12-4-5-17(13(2)8-12)21-11-16(20)10-18-7-6-15(9-18)14(3)19/h4-5,8,14-16,19-20H,6-7,9-11H2,1-3H3. The molecule has 1 fully saturated rings. The third kappa shape index (κ3) is 4.70. The molecule has 0 saturated carbocycles. The number of aliphatic hydroxyl groups excluding tert-OH is 2. The van der Waals surface area contributed by atoms with E-state index in [-0.39, 0.29) is 6.10 Å². The molecule has 1 saturated heterocycles. The Kier molecular flexibility index (Phi) is 5.62. The number of aryl methyl sites for hydroxylation is 2. The van der Waals surface area contributed by atoms with E-state index in [2.05, 4.69) is 17.9 Å². The van der Waals surface area contributed by atoms with Crippen molar-refractivity contribution in [3.8, 4) is 5.75 Å². The molecule has 0 spiro atoms. The van der Waals surface area contributed by atoms with Gasteiger partial charge in [-0.1, -0.05) is 17.7 Å². The smallest absolute Gasteiger partial charge is 0.122 e. The van der Waals surface area contributed by atoms with Gasteiger partial charge >= 0.3 is 0 Å². The van der Waals surface area contributed by atoms with Crippen molar-refractivity contribution < 1.29 is 14.9 Å². The van der Waals surface area contributed by atoms with Gasteiger partial charge in [-0.15, -0.1) is 0 Å². The highest BCUT2D eigenvalue weighted by Crippen LogP contribution is 2.21. The van der Waals surface area contributed by atoms with Crippen LogP contribution in [0, 0.1) is 19.8 Å². The summed E-state index contributed by atoms with van der Waals surface area (Å²) in [6.07, 6.45) is 0.236. The van der Waals surface area contributed by atoms with E-state index in [1.807, 2.05) is 26.0 Å². The first kappa shape index (κ1) is 16.3. The van der Waals surface area contributed by atoms with Crippen molar-refractivity contribution >= 4 is 0 Å². The molecule has 3 atom stereocenters. The first-order chi connectivity index (χ1) is 9.95. The summed E-state index contributed by atoms with van der Waals surface area (Å²) in [6, 6.07) is 6.05. The molecule has 1 heterocycles. The molecule has 2 N–H and O–H groups in total. The number of benzene rings is 1. The molecule has 3 unspecified atom stereocenters. The Morgan fingerprint density at radius 2 is 2.10 bits per heavy atom. The summed E-state index contributed by atoms with van der Waals surface area (Å²) in [6.45, 7) is 8.62. The molecule has 0 aromatic heterocycles. The second-order valence-corrected chi connectivity index (χ2v) is 6.28. The van der Waals surface area contributed by atoms with Gasteiger partial charge < -0.3 is 19.8 Å². The lowest BCUT2D eigenvalue weighted by Gasteiger charge is -2.21. The molecular formula is C17H27NO3. The predicted octanol–water partition coefficient (Wildman–Crippen LogP) is 1.75. The summed E-state index contributed by atoms with van der Waals surface area (Å²) in [7, 11) is 0. The van der Waals surface area contributed by atoms with Crippen molar-refractivity contribution in [2.24, 2.45) is 5.92 Å². The number of hydrogen-bond donors (Lipinski definition) is 2. The molecule has 1 aliphatic rings. The summed E-state index contributed by atoms with van der Waals surface area (Å²) in [5.41, 5.74) is 2.30. The second-order valence-electron chi connectivity index (χ2n) is 6.28. The highest BCUT2D eigenvalue weighted by Gasteiger charge is 2.27. The highest BCUT2D eigenvalue weighted by atomic mass is 16.5. The van der Waals surface area contributed by atoms with Crippen LogP contribution in [-0.2, 0) is 0 Å². The number of likely N-dealkylation sites (tertiary alicyclic amines) is 1. The average molecular weight is 293 g/mol. The molecule has 118 valence electrons. The van der Waals surface area contributed by atoms with Crippen molar-refractivity contribution in [2.45, 2.75) is 39.4 Å². The number of aliphatic hydroxyl groups is 2. The van der Waals surface area contributed by atoms with Gasteiger partial charge in [-0.05, 0) is 51.3 Å². The quantitative estimate of drug-likeness (QED) is 0.839. The third-order valence-electron chi connectivity index (χ3n) is 4.22. The van der Waals surface area contributed by atoms with E-state index in [1.165, 1.54) is 5.56 Å². The number of ether oxygens (including phenoxy) is 1. The SMILES string of the molecule is Cc1ccc(OCC(O)CN2CCC(C(C)O)C2)c(C)c1. The van der Waals surface area contributed by atoms with Crippen LogP contribution in [-0.4, -0.2) is 53.6 Å². The van der Waals surface area contributed by atoms with Gasteiger partial charge in [-0.3, -0.25) is 0 Å². The molecule has 4 heteroatoms. The fraction of sp³-hybridized carbons (Fsp3) is 0.647. The Balaban J connectivity index is 1.76. The highest BCUT2D eigenvalue weighted by molar-refractivity contribution is 5.35. The Hall–Kier alpha value is -1.10. The van der Waals surface area contributed by atoms with Gasteiger partial charge in [0.1, 0.15) is 18.5 Å². The van der Waals surface area contributed by atoms with E-state index in [9.17, 15) is 10.2 Å². The van der Waals surface area contributed by atoms with Crippen LogP contribution in [0.15, 0.2) is 18.2 Å². The maximum absolute atomic E-state index is 10.1. The minimum Gasteiger partial charge on any atom is -0.491 e. The van der Waals surface area contributed by atoms with Gasteiger partial charge in [0, 0.05) is 13.1 Å². The van der Waals surface area contributed by atoms with E-state index >= 15 is 0 Å². The van der Waals surface area contributed by atoms with E-state index in [4.69, 9.17) is 4.74 Å². The Morgan fingerprint density at radius 1 is 1.33 bits per heavy atom. The van der Waals surface area contributed by atoms with Crippen LogP contribution in [0.5, 0.6) is 5.75 Å². The van der Waals surface area contributed by atoms with Crippen molar-refractivity contribution in [3.05, 3.63) is 29.3 Å². The largest absolute Gasteiger partial charge is 0.491 e. The van der Waals surface area contributed by atoms with Crippen LogP contribution in [0.3, 0.4) is 0 Å². The minimum absolute atomic E-state index is 0.265. The minimum atomic E-state index is -0.501. The molecule has 1 aromatic rings. The second kappa shape index (κ2) is 7.25. The van der Waals surface area contributed by atoms with E-state index < -0.39 is 6.10 Å². The average Bonchev–Trinajstić information content (AvgIpc) is 2.86. The summed E-state index contributed by atoms with van der Waals surface area (Å²) in [4.78, 5) is 2.20. The zero-order chi connectivity index (χ0) is 15.4. The predicted molar refractivity (Wildman–Crippen MR) is 83.6 cm³/mol. The molecule has 21 heavy (non-hydrogen) atoms. The maximum atomic E-state index is 10.1. The summed E-state index contributed by atoms with van der Waals surface area (Å²) in [5, 5.41) is 19.7. The fourth-order valence-corrected chi connectivity index (χ4v) is 2.92. The lowest BCUT2D eigenvalue weighted by molar-refractivity contribution is 0.0694. The molecular weight excluding hydrogens is 266 g/mol. The monoisotopic (exact) mass is 293 g/mol. The van der Waals surface area contributed by atoms with Gasteiger partial charge in [-0.2, -0.15) is 0 Å². The van der Waals surface area contributed by atoms with Gasteiger partial charge in [0.05, 0.1) is 6.10 Å². The topological polar surface area (TPSA) is 52.9 Å².